The number of methoxy groups -OCH3 is 1. The molecular formula is C26H34N4O4. The largest absolute Gasteiger partial charge is 0.497 e. The summed E-state index contributed by atoms with van der Waals surface area (Å²) < 4.78 is 8.15. The van der Waals surface area contributed by atoms with Crippen LogP contribution < -0.4 is 15.7 Å². The molecule has 1 amide bonds. The molecule has 1 atom stereocenters. The van der Waals surface area contributed by atoms with E-state index in [0.717, 1.165) is 42.8 Å². The zero-order valence-corrected chi connectivity index (χ0v) is 20.1. The normalized spacial score (nSPS) is 16.1. The van der Waals surface area contributed by atoms with Crippen molar-refractivity contribution in [1.82, 2.24) is 19.4 Å². The van der Waals surface area contributed by atoms with Crippen LogP contribution in [0.2, 0.25) is 0 Å². The van der Waals surface area contributed by atoms with Crippen LogP contribution in [0.5, 0.6) is 5.75 Å². The fraction of sp³-hybridized carbons (Fsp3) is 0.462. The van der Waals surface area contributed by atoms with Gasteiger partial charge in [-0.05, 0) is 75.5 Å². The Bertz CT molecular complexity index is 1190. The van der Waals surface area contributed by atoms with Crippen molar-refractivity contribution in [2.75, 3.05) is 33.3 Å². The number of hydrogen-bond donors (Lipinski definition) is 2. The van der Waals surface area contributed by atoms with Gasteiger partial charge in [0.05, 0.1) is 24.2 Å². The van der Waals surface area contributed by atoms with Crippen molar-refractivity contribution in [2.45, 2.75) is 38.8 Å². The number of likely N-dealkylation sites (tertiary alicyclic amines) is 1. The number of aliphatic hydroxyl groups is 1. The second-order valence-electron chi connectivity index (χ2n) is 9.29. The zero-order valence-electron chi connectivity index (χ0n) is 20.1. The summed E-state index contributed by atoms with van der Waals surface area (Å²) in [5, 5.41) is 13.6. The molecule has 0 radical (unpaired) electrons. The number of piperidine rings is 1. The minimum atomic E-state index is -0.573. The number of carbonyl (C=O) groups is 1. The Kier molecular flexibility index (Phi) is 7.38. The van der Waals surface area contributed by atoms with Crippen LogP contribution in [0.15, 0.2) is 53.3 Å². The van der Waals surface area contributed by atoms with Gasteiger partial charge in [-0.3, -0.25) is 4.57 Å². The highest BCUT2D eigenvalue weighted by atomic mass is 16.5. The summed E-state index contributed by atoms with van der Waals surface area (Å²) in [4.78, 5) is 28.2. The Morgan fingerprint density at radius 3 is 2.50 bits per heavy atom. The maximum atomic E-state index is 13.0. The highest BCUT2D eigenvalue weighted by molar-refractivity contribution is 5.89. The molecule has 1 aromatic heterocycles. The standard InChI is InChI=1S/C26H34N4O4/c1-18(2)29-22-9-4-5-10-23(22)30(26(29)33)25(32)27-16-19-11-13-28(14-12-19)17-24(31)20-7-6-8-21(15-20)34-3/h4-10,15,18-19,24,31H,11-14,16-17H2,1-3H3,(H,27,32). The van der Waals surface area contributed by atoms with E-state index in [-0.39, 0.29) is 17.8 Å². The molecule has 8 heteroatoms. The van der Waals surface area contributed by atoms with Crippen LogP contribution >= 0.6 is 0 Å². The number of benzene rings is 2. The van der Waals surface area contributed by atoms with Crippen molar-refractivity contribution in [1.29, 1.82) is 0 Å². The van der Waals surface area contributed by atoms with Gasteiger partial charge in [0.1, 0.15) is 5.75 Å². The van der Waals surface area contributed by atoms with E-state index >= 15 is 0 Å². The smallest absolute Gasteiger partial charge is 0.337 e. The van der Waals surface area contributed by atoms with Crippen molar-refractivity contribution < 1.29 is 14.6 Å². The molecule has 2 aromatic carbocycles. The van der Waals surface area contributed by atoms with Gasteiger partial charge in [0.25, 0.3) is 0 Å². The van der Waals surface area contributed by atoms with Gasteiger partial charge >= 0.3 is 11.7 Å². The van der Waals surface area contributed by atoms with E-state index in [1.807, 2.05) is 56.3 Å². The maximum Gasteiger partial charge on any atom is 0.337 e. The molecule has 1 aliphatic rings. The Hall–Kier alpha value is -3.10. The van der Waals surface area contributed by atoms with Gasteiger partial charge < -0.3 is 20.1 Å². The third kappa shape index (κ3) is 5.03. The van der Waals surface area contributed by atoms with Crippen LogP contribution in [0, 0.1) is 5.92 Å². The number of β-amino-alcohol motifs (C(OH)–C–C–N with tert-alkyl or cyclic N) is 1. The monoisotopic (exact) mass is 466 g/mol. The van der Waals surface area contributed by atoms with Gasteiger partial charge in [-0.15, -0.1) is 0 Å². The third-order valence-electron chi connectivity index (χ3n) is 6.66. The molecular weight excluding hydrogens is 432 g/mol. The molecule has 8 nitrogen and oxygen atoms in total. The fourth-order valence-corrected chi connectivity index (χ4v) is 4.75. The number of imidazole rings is 1. The Labute approximate surface area is 199 Å². The molecule has 0 aliphatic carbocycles. The number of fused-ring (bicyclic) bond motifs is 1. The van der Waals surface area contributed by atoms with Gasteiger partial charge in [0.2, 0.25) is 0 Å². The number of nitrogens with one attached hydrogen (secondary N) is 1. The number of aromatic nitrogens is 2. The Morgan fingerprint density at radius 2 is 1.82 bits per heavy atom. The molecule has 182 valence electrons. The molecule has 1 aliphatic heterocycles. The summed E-state index contributed by atoms with van der Waals surface area (Å²) in [6.07, 6.45) is 1.28. The fourth-order valence-electron chi connectivity index (χ4n) is 4.75. The van der Waals surface area contributed by atoms with Gasteiger partial charge in [-0.2, -0.15) is 0 Å². The van der Waals surface area contributed by atoms with Crippen LogP contribution in [-0.4, -0.2) is 58.5 Å². The summed E-state index contributed by atoms with van der Waals surface area (Å²) >= 11 is 0. The summed E-state index contributed by atoms with van der Waals surface area (Å²) in [6, 6.07) is 14.5. The first-order chi connectivity index (χ1) is 16.4. The first-order valence-electron chi connectivity index (χ1n) is 11.9. The van der Waals surface area contributed by atoms with Gasteiger partial charge in [0, 0.05) is 19.1 Å². The average molecular weight is 467 g/mol. The van der Waals surface area contributed by atoms with Crippen LogP contribution in [0.25, 0.3) is 11.0 Å². The van der Waals surface area contributed by atoms with Crippen LogP contribution in [0.1, 0.15) is 44.4 Å². The lowest BCUT2D eigenvalue weighted by molar-refractivity contribution is 0.0893. The number of carbonyl (C=O) groups excluding carboxylic acids is 1. The van der Waals surface area contributed by atoms with E-state index in [0.29, 0.717) is 24.5 Å². The second kappa shape index (κ2) is 10.4. The third-order valence-corrected chi connectivity index (χ3v) is 6.66. The Balaban J connectivity index is 1.32. The van der Waals surface area contributed by atoms with Gasteiger partial charge in [0.15, 0.2) is 0 Å². The summed E-state index contributed by atoms with van der Waals surface area (Å²) in [5.41, 5.74) is 1.93. The highest BCUT2D eigenvalue weighted by Crippen LogP contribution is 2.23. The molecule has 0 bridgehead atoms. The molecule has 4 rings (SSSR count). The van der Waals surface area contributed by atoms with E-state index in [1.54, 1.807) is 17.7 Å². The quantitative estimate of drug-likeness (QED) is 0.557. The van der Waals surface area contributed by atoms with Crippen LogP contribution in [0.3, 0.4) is 0 Å². The van der Waals surface area contributed by atoms with E-state index in [2.05, 4.69) is 10.2 Å². The molecule has 1 fully saturated rings. The average Bonchev–Trinajstić information content (AvgIpc) is 3.15. The lowest BCUT2D eigenvalue weighted by atomic mass is 9.96. The number of hydrogen-bond acceptors (Lipinski definition) is 5. The van der Waals surface area contributed by atoms with Gasteiger partial charge in [-0.25, -0.2) is 14.2 Å². The summed E-state index contributed by atoms with van der Waals surface area (Å²) in [7, 11) is 1.62. The minimum absolute atomic E-state index is 0.0388. The second-order valence-corrected chi connectivity index (χ2v) is 9.29. The lowest BCUT2D eigenvalue weighted by Gasteiger charge is -2.33. The first kappa shape index (κ1) is 24.0. The van der Waals surface area contributed by atoms with Gasteiger partial charge in [-0.1, -0.05) is 24.3 Å². The van der Waals surface area contributed by atoms with Crippen molar-refractivity contribution in [3.63, 3.8) is 0 Å². The minimum Gasteiger partial charge on any atom is -0.497 e. The predicted octanol–water partition coefficient (Wildman–Crippen LogP) is 3.40. The lowest BCUT2D eigenvalue weighted by Crippen LogP contribution is -2.42. The van der Waals surface area contributed by atoms with Crippen LogP contribution in [0.4, 0.5) is 4.79 Å². The van der Waals surface area contributed by atoms with E-state index in [1.165, 1.54) is 4.57 Å². The van der Waals surface area contributed by atoms with Crippen molar-refractivity contribution >= 4 is 17.1 Å². The maximum absolute atomic E-state index is 13.0. The number of para-hydroxylation sites is 2. The molecule has 2 heterocycles. The van der Waals surface area contributed by atoms with E-state index in [9.17, 15) is 14.7 Å². The van der Waals surface area contributed by atoms with Crippen molar-refractivity contribution in [3.05, 3.63) is 64.6 Å². The molecule has 1 saturated heterocycles. The number of nitrogens with zero attached hydrogens (tertiary/aromatic N) is 3. The Morgan fingerprint density at radius 1 is 1.12 bits per heavy atom. The number of amides is 1. The molecule has 1 unspecified atom stereocenters. The zero-order chi connectivity index (χ0) is 24.2. The van der Waals surface area contributed by atoms with E-state index in [4.69, 9.17) is 4.74 Å². The number of ether oxygens (including phenoxy) is 1. The van der Waals surface area contributed by atoms with Crippen molar-refractivity contribution in [2.24, 2.45) is 5.92 Å². The molecule has 34 heavy (non-hydrogen) atoms. The number of rotatable bonds is 7. The number of aliphatic hydroxyl groups excluding tert-OH is 1. The summed E-state index contributed by atoms with van der Waals surface area (Å²) in [5.74, 6) is 1.07. The molecule has 2 N–H and O–H groups in total. The molecule has 3 aromatic rings. The SMILES string of the molecule is COc1cccc(C(O)CN2CCC(CNC(=O)n3c(=O)n(C(C)C)c4ccccc43)CC2)c1. The predicted molar refractivity (Wildman–Crippen MR) is 132 cm³/mol. The highest BCUT2D eigenvalue weighted by Gasteiger charge is 2.24. The van der Waals surface area contributed by atoms with Crippen LogP contribution in [-0.2, 0) is 0 Å². The molecule has 0 saturated carbocycles. The first-order valence-corrected chi connectivity index (χ1v) is 11.9. The summed E-state index contributed by atoms with van der Waals surface area (Å²) in [6.45, 7) is 6.68. The topological polar surface area (TPSA) is 88.7 Å². The molecule has 0 spiro atoms. The van der Waals surface area contributed by atoms with E-state index < -0.39 is 6.10 Å². The van der Waals surface area contributed by atoms with Crippen molar-refractivity contribution in [3.8, 4) is 5.75 Å².